The normalized spacial score (nSPS) is 17.8. The highest BCUT2D eigenvalue weighted by Gasteiger charge is 2.35. The summed E-state index contributed by atoms with van der Waals surface area (Å²) in [7, 11) is 1.78. The quantitative estimate of drug-likeness (QED) is 0.909. The first-order chi connectivity index (χ1) is 10.5. The Balaban J connectivity index is 1.71. The zero-order valence-electron chi connectivity index (χ0n) is 12.0. The van der Waals surface area contributed by atoms with Gasteiger partial charge in [0.1, 0.15) is 0 Å². The van der Waals surface area contributed by atoms with E-state index in [4.69, 9.17) is 0 Å². The Morgan fingerprint density at radius 3 is 2.86 bits per heavy atom. The van der Waals surface area contributed by atoms with Gasteiger partial charge in [-0.15, -0.1) is 0 Å². The van der Waals surface area contributed by atoms with E-state index in [1.807, 2.05) is 24.3 Å². The van der Waals surface area contributed by atoms with E-state index in [-0.39, 0.29) is 24.2 Å². The van der Waals surface area contributed by atoms with Gasteiger partial charge in [-0.1, -0.05) is 12.1 Å². The summed E-state index contributed by atoms with van der Waals surface area (Å²) in [6.07, 6.45) is 3.52. The van der Waals surface area contributed by atoms with Crippen LogP contribution in [0, 0.1) is 5.92 Å². The van der Waals surface area contributed by atoms with Gasteiger partial charge in [0.2, 0.25) is 11.8 Å². The summed E-state index contributed by atoms with van der Waals surface area (Å²) in [6.45, 7) is 0.382. The van der Waals surface area contributed by atoms with E-state index in [1.54, 1.807) is 29.0 Å². The number of carbonyl (C=O) groups is 2. The summed E-state index contributed by atoms with van der Waals surface area (Å²) in [5.74, 6) is -0.561. The molecule has 2 heterocycles. The molecule has 1 aliphatic rings. The lowest BCUT2D eigenvalue weighted by molar-refractivity contribution is -0.122. The third-order valence-electron chi connectivity index (χ3n) is 3.61. The molecule has 2 aromatic rings. The molecule has 1 atom stereocenters. The van der Waals surface area contributed by atoms with Crippen LogP contribution in [0.5, 0.6) is 0 Å². The fraction of sp³-hybridized carbons (Fsp3) is 0.267. The number of halogens is 1. The van der Waals surface area contributed by atoms with Crippen LogP contribution in [0.2, 0.25) is 0 Å². The Morgan fingerprint density at radius 2 is 2.18 bits per heavy atom. The molecular weight excluding hydrogens is 348 g/mol. The Bertz CT molecular complexity index is 728. The molecule has 2 amide bonds. The largest absolute Gasteiger partial charge is 0.323 e. The number of hydrogen-bond acceptors (Lipinski definition) is 3. The highest BCUT2D eigenvalue weighted by Crippen LogP contribution is 2.31. The van der Waals surface area contributed by atoms with Crippen molar-refractivity contribution in [2.75, 3.05) is 16.8 Å². The fourth-order valence-corrected chi connectivity index (χ4v) is 3.02. The van der Waals surface area contributed by atoms with Gasteiger partial charge < -0.3 is 10.2 Å². The molecule has 1 aliphatic heterocycles. The molecule has 0 radical (unpaired) electrons. The number of rotatable bonds is 3. The molecule has 1 N–H and O–H groups in total. The van der Waals surface area contributed by atoms with Gasteiger partial charge in [0.15, 0.2) is 0 Å². The van der Waals surface area contributed by atoms with Gasteiger partial charge in [-0.25, -0.2) is 0 Å². The van der Waals surface area contributed by atoms with Crippen LogP contribution in [0.15, 0.2) is 41.1 Å². The van der Waals surface area contributed by atoms with Crippen LogP contribution >= 0.6 is 15.9 Å². The maximum atomic E-state index is 12.3. The average molecular weight is 363 g/mol. The minimum absolute atomic E-state index is 0.0433. The first kappa shape index (κ1) is 14.8. The molecule has 114 valence electrons. The van der Waals surface area contributed by atoms with Crippen LogP contribution in [0.3, 0.4) is 0 Å². The molecular formula is C15H15BrN4O2. The van der Waals surface area contributed by atoms with Crippen LogP contribution in [-0.2, 0) is 16.6 Å². The van der Waals surface area contributed by atoms with E-state index in [1.165, 1.54) is 0 Å². The van der Waals surface area contributed by atoms with E-state index in [9.17, 15) is 9.59 Å². The number of nitrogens with zero attached hydrogens (tertiary/aromatic N) is 3. The van der Waals surface area contributed by atoms with Crippen molar-refractivity contribution in [1.82, 2.24) is 9.78 Å². The maximum absolute atomic E-state index is 12.3. The van der Waals surface area contributed by atoms with Gasteiger partial charge in [0, 0.05) is 30.7 Å². The number of amides is 2. The molecule has 22 heavy (non-hydrogen) atoms. The first-order valence-electron chi connectivity index (χ1n) is 6.89. The molecule has 1 unspecified atom stereocenters. The summed E-state index contributed by atoms with van der Waals surface area (Å²) >= 11 is 3.44. The number of aromatic nitrogens is 2. The second-order valence-corrected chi connectivity index (χ2v) is 6.10. The average Bonchev–Trinajstić information content (AvgIpc) is 3.06. The van der Waals surface area contributed by atoms with E-state index < -0.39 is 0 Å². The van der Waals surface area contributed by atoms with Gasteiger partial charge in [-0.2, -0.15) is 5.10 Å². The number of anilines is 2. The topological polar surface area (TPSA) is 67.2 Å². The standard InChI is InChI=1S/C15H15BrN4O2/c1-19-9-11(7-17-19)18-15(22)10-6-14(21)20(8-10)13-5-3-2-4-12(13)16/h2-5,7,9-10H,6,8H2,1H3,(H,18,22). The number of aryl methyl sites for hydroxylation is 1. The summed E-state index contributed by atoms with van der Waals surface area (Å²) in [6, 6.07) is 7.51. The van der Waals surface area contributed by atoms with Gasteiger partial charge in [0.25, 0.3) is 0 Å². The minimum atomic E-state index is -0.361. The van der Waals surface area contributed by atoms with Crippen molar-refractivity contribution in [2.45, 2.75) is 6.42 Å². The third-order valence-corrected chi connectivity index (χ3v) is 4.28. The zero-order valence-corrected chi connectivity index (χ0v) is 13.6. The number of nitrogens with one attached hydrogen (secondary N) is 1. The monoisotopic (exact) mass is 362 g/mol. The van der Waals surface area contributed by atoms with Crippen LogP contribution in [0.4, 0.5) is 11.4 Å². The molecule has 3 rings (SSSR count). The van der Waals surface area contributed by atoms with Crippen LogP contribution in [0.1, 0.15) is 6.42 Å². The van der Waals surface area contributed by atoms with Crippen molar-refractivity contribution < 1.29 is 9.59 Å². The maximum Gasteiger partial charge on any atom is 0.229 e. The Kier molecular flexibility index (Phi) is 3.98. The Labute approximate surface area is 136 Å². The molecule has 6 nitrogen and oxygen atoms in total. The highest BCUT2D eigenvalue weighted by atomic mass is 79.9. The Hall–Kier alpha value is -2.15. The molecule has 1 aromatic heterocycles. The summed E-state index contributed by atoms with van der Waals surface area (Å²) in [4.78, 5) is 26.1. The van der Waals surface area contributed by atoms with Crippen molar-refractivity contribution in [1.29, 1.82) is 0 Å². The lowest BCUT2D eigenvalue weighted by Crippen LogP contribution is -2.28. The molecule has 1 saturated heterocycles. The number of hydrogen-bond donors (Lipinski definition) is 1. The summed E-state index contributed by atoms with van der Waals surface area (Å²) in [5, 5.41) is 6.80. The molecule has 0 aliphatic carbocycles. The second kappa shape index (κ2) is 5.92. The predicted molar refractivity (Wildman–Crippen MR) is 86.4 cm³/mol. The van der Waals surface area contributed by atoms with Crippen molar-refractivity contribution in [2.24, 2.45) is 13.0 Å². The van der Waals surface area contributed by atoms with E-state index in [2.05, 4.69) is 26.3 Å². The van der Waals surface area contributed by atoms with Crippen molar-refractivity contribution >= 4 is 39.1 Å². The summed E-state index contributed by atoms with van der Waals surface area (Å²) in [5.41, 5.74) is 1.43. The highest BCUT2D eigenvalue weighted by molar-refractivity contribution is 9.10. The fourth-order valence-electron chi connectivity index (χ4n) is 2.52. The van der Waals surface area contributed by atoms with Crippen LogP contribution in [-0.4, -0.2) is 28.1 Å². The number of para-hydroxylation sites is 1. The summed E-state index contributed by atoms with van der Waals surface area (Å²) < 4.78 is 2.46. The van der Waals surface area contributed by atoms with E-state index in [0.29, 0.717) is 12.2 Å². The minimum Gasteiger partial charge on any atom is -0.323 e. The molecule has 1 fully saturated rings. The lowest BCUT2D eigenvalue weighted by Gasteiger charge is -2.18. The molecule has 7 heteroatoms. The molecule has 0 saturated carbocycles. The number of carbonyl (C=O) groups excluding carboxylic acids is 2. The molecule has 0 spiro atoms. The van der Waals surface area contributed by atoms with Gasteiger partial charge >= 0.3 is 0 Å². The lowest BCUT2D eigenvalue weighted by atomic mass is 10.1. The van der Waals surface area contributed by atoms with Gasteiger partial charge in [-0.05, 0) is 28.1 Å². The van der Waals surface area contributed by atoms with Crippen LogP contribution in [0.25, 0.3) is 0 Å². The van der Waals surface area contributed by atoms with Crippen molar-refractivity contribution in [3.05, 3.63) is 41.1 Å². The van der Waals surface area contributed by atoms with Crippen molar-refractivity contribution in [3.8, 4) is 0 Å². The number of benzene rings is 1. The van der Waals surface area contributed by atoms with Crippen LogP contribution < -0.4 is 10.2 Å². The first-order valence-corrected chi connectivity index (χ1v) is 7.68. The SMILES string of the molecule is Cn1cc(NC(=O)C2CC(=O)N(c3ccccc3Br)C2)cn1. The van der Waals surface area contributed by atoms with Gasteiger partial charge in [0.05, 0.1) is 23.5 Å². The van der Waals surface area contributed by atoms with E-state index in [0.717, 1.165) is 10.2 Å². The Morgan fingerprint density at radius 1 is 1.41 bits per heavy atom. The zero-order chi connectivity index (χ0) is 15.7. The third kappa shape index (κ3) is 2.89. The van der Waals surface area contributed by atoms with Crippen molar-refractivity contribution in [3.63, 3.8) is 0 Å². The van der Waals surface area contributed by atoms with Gasteiger partial charge in [-0.3, -0.25) is 14.3 Å². The second-order valence-electron chi connectivity index (χ2n) is 5.25. The predicted octanol–water partition coefficient (Wildman–Crippen LogP) is 2.17. The molecule has 1 aromatic carbocycles. The van der Waals surface area contributed by atoms with E-state index >= 15 is 0 Å². The smallest absolute Gasteiger partial charge is 0.229 e. The molecule has 0 bridgehead atoms.